The molecular formula is C15H10BrClF2N2. The van der Waals surface area contributed by atoms with E-state index in [1.165, 1.54) is 12.1 Å². The molecule has 3 rings (SSSR count). The summed E-state index contributed by atoms with van der Waals surface area (Å²) in [5, 5.41) is 0. The predicted molar refractivity (Wildman–Crippen MR) is 83.1 cm³/mol. The fourth-order valence-corrected chi connectivity index (χ4v) is 2.81. The average molecular weight is 372 g/mol. The van der Waals surface area contributed by atoms with Crippen LogP contribution in [-0.4, -0.2) is 15.4 Å². The van der Waals surface area contributed by atoms with Gasteiger partial charge in [-0.15, -0.1) is 11.6 Å². The number of para-hydroxylation sites is 1. The Bertz CT molecular complexity index is 817. The first-order valence-corrected chi connectivity index (χ1v) is 7.62. The van der Waals surface area contributed by atoms with Gasteiger partial charge in [-0.2, -0.15) is 0 Å². The van der Waals surface area contributed by atoms with Crippen molar-refractivity contribution in [3.63, 3.8) is 0 Å². The number of halogens is 4. The van der Waals surface area contributed by atoms with Crippen LogP contribution in [0.5, 0.6) is 0 Å². The molecule has 1 aromatic heterocycles. The van der Waals surface area contributed by atoms with Gasteiger partial charge in [-0.05, 0) is 30.3 Å². The van der Waals surface area contributed by atoms with Crippen LogP contribution in [0.1, 0.15) is 5.82 Å². The summed E-state index contributed by atoms with van der Waals surface area (Å²) in [6.45, 7) is 0. The molecule has 0 N–H and O–H groups in total. The van der Waals surface area contributed by atoms with Crippen LogP contribution >= 0.6 is 27.5 Å². The lowest BCUT2D eigenvalue weighted by Gasteiger charge is -2.10. The van der Waals surface area contributed by atoms with Crippen LogP contribution in [0.3, 0.4) is 0 Å². The van der Waals surface area contributed by atoms with E-state index in [0.29, 0.717) is 29.3 Å². The topological polar surface area (TPSA) is 17.8 Å². The van der Waals surface area contributed by atoms with Crippen molar-refractivity contribution in [3.05, 3.63) is 58.3 Å². The minimum atomic E-state index is -0.433. The van der Waals surface area contributed by atoms with Crippen molar-refractivity contribution < 1.29 is 8.78 Å². The molecule has 0 saturated carbocycles. The Morgan fingerprint density at radius 3 is 2.71 bits per heavy atom. The summed E-state index contributed by atoms with van der Waals surface area (Å²) in [5.41, 5.74) is 1.06. The maximum Gasteiger partial charge on any atom is 0.151 e. The largest absolute Gasteiger partial charge is 0.293 e. The highest BCUT2D eigenvalue weighted by atomic mass is 79.9. The Balaban J connectivity index is 2.36. The molecule has 0 amide bonds. The number of hydrogen-bond donors (Lipinski definition) is 0. The summed E-state index contributed by atoms with van der Waals surface area (Å²) in [4.78, 5) is 4.27. The first-order valence-electron chi connectivity index (χ1n) is 6.29. The maximum atomic E-state index is 14.2. The van der Waals surface area contributed by atoms with E-state index in [1.807, 2.05) is 0 Å². The lowest BCUT2D eigenvalue weighted by molar-refractivity contribution is 0.616. The summed E-state index contributed by atoms with van der Waals surface area (Å²) in [7, 11) is 0. The quantitative estimate of drug-likeness (QED) is 0.602. The van der Waals surface area contributed by atoms with Gasteiger partial charge in [-0.3, -0.25) is 4.57 Å². The lowest BCUT2D eigenvalue weighted by Crippen LogP contribution is -2.04. The third-order valence-corrected chi connectivity index (χ3v) is 3.85. The second-order valence-corrected chi connectivity index (χ2v) is 5.80. The molecule has 0 spiro atoms. The molecule has 1 heterocycles. The minimum absolute atomic E-state index is 0.219. The normalized spacial score (nSPS) is 11.2. The van der Waals surface area contributed by atoms with Crippen molar-refractivity contribution in [1.82, 2.24) is 9.55 Å². The van der Waals surface area contributed by atoms with E-state index in [4.69, 9.17) is 11.6 Å². The number of imidazole rings is 1. The van der Waals surface area contributed by atoms with Crippen LogP contribution in [0.2, 0.25) is 0 Å². The van der Waals surface area contributed by atoms with Gasteiger partial charge in [0.25, 0.3) is 0 Å². The minimum Gasteiger partial charge on any atom is -0.293 e. The molecule has 2 aromatic carbocycles. The highest BCUT2D eigenvalue weighted by molar-refractivity contribution is 9.10. The molecule has 0 fully saturated rings. The Morgan fingerprint density at radius 1 is 1.14 bits per heavy atom. The second kappa shape index (κ2) is 5.73. The number of fused-ring (bicyclic) bond motifs is 1. The highest BCUT2D eigenvalue weighted by Crippen LogP contribution is 2.27. The third-order valence-electron chi connectivity index (χ3n) is 3.17. The standard InChI is InChI=1S/C15H10BrClF2N2/c16-9-4-5-10(18)13(8-9)21-12-3-1-2-11(19)15(12)20-14(21)6-7-17/h1-5,8H,6-7H2. The smallest absolute Gasteiger partial charge is 0.151 e. The Labute approximate surface area is 133 Å². The molecule has 3 aromatic rings. The van der Waals surface area contributed by atoms with E-state index in [0.717, 1.165) is 4.47 Å². The molecule has 0 atom stereocenters. The van der Waals surface area contributed by atoms with E-state index in [1.54, 1.807) is 28.8 Å². The second-order valence-electron chi connectivity index (χ2n) is 4.51. The van der Waals surface area contributed by atoms with Crippen molar-refractivity contribution >= 4 is 38.6 Å². The van der Waals surface area contributed by atoms with Gasteiger partial charge in [0.1, 0.15) is 17.2 Å². The molecular weight excluding hydrogens is 362 g/mol. The number of alkyl halides is 1. The summed E-state index contributed by atoms with van der Waals surface area (Å²) < 4.78 is 30.4. The zero-order chi connectivity index (χ0) is 15.0. The van der Waals surface area contributed by atoms with Crippen LogP contribution in [-0.2, 0) is 6.42 Å². The third kappa shape index (κ3) is 2.56. The van der Waals surface area contributed by atoms with Crippen LogP contribution in [0.4, 0.5) is 8.78 Å². The van der Waals surface area contributed by atoms with Gasteiger partial charge in [-0.1, -0.05) is 22.0 Å². The van der Waals surface area contributed by atoms with Crippen molar-refractivity contribution in [3.8, 4) is 5.69 Å². The molecule has 0 aliphatic heterocycles. The van der Waals surface area contributed by atoms with Gasteiger partial charge < -0.3 is 0 Å². The van der Waals surface area contributed by atoms with Gasteiger partial charge in [0.2, 0.25) is 0 Å². The summed E-state index contributed by atoms with van der Waals surface area (Å²) in [5.74, 6) is 0.0118. The molecule has 0 aliphatic carbocycles. The number of rotatable bonds is 3. The lowest BCUT2D eigenvalue weighted by atomic mass is 10.2. The van der Waals surface area contributed by atoms with Gasteiger partial charge in [-0.25, -0.2) is 13.8 Å². The zero-order valence-corrected chi connectivity index (χ0v) is 13.1. The summed E-state index contributed by atoms with van der Waals surface area (Å²) in [6.07, 6.45) is 0.418. The zero-order valence-electron chi connectivity index (χ0n) is 10.8. The molecule has 21 heavy (non-hydrogen) atoms. The summed E-state index contributed by atoms with van der Waals surface area (Å²) >= 11 is 9.11. The van der Waals surface area contributed by atoms with E-state index < -0.39 is 11.6 Å². The molecule has 108 valence electrons. The van der Waals surface area contributed by atoms with Crippen LogP contribution < -0.4 is 0 Å². The fourth-order valence-electron chi connectivity index (χ4n) is 2.29. The summed E-state index contributed by atoms with van der Waals surface area (Å²) in [6, 6.07) is 9.23. The number of benzene rings is 2. The van der Waals surface area contributed by atoms with Crippen LogP contribution in [0, 0.1) is 11.6 Å². The molecule has 2 nitrogen and oxygen atoms in total. The number of aromatic nitrogens is 2. The van der Waals surface area contributed by atoms with E-state index in [2.05, 4.69) is 20.9 Å². The monoisotopic (exact) mass is 370 g/mol. The number of aryl methyl sites for hydroxylation is 1. The van der Waals surface area contributed by atoms with Crippen molar-refractivity contribution in [2.45, 2.75) is 6.42 Å². The first kappa shape index (κ1) is 14.5. The molecule has 0 unspecified atom stereocenters. The molecule has 6 heteroatoms. The highest BCUT2D eigenvalue weighted by Gasteiger charge is 2.17. The maximum absolute atomic E-state index is 14.2. The van der Waals surface area contributed by atoms with Gasteiger partial charge in [0.05, 0.1) is 11.2 Å². The van der Waals surface area contributed by atoms with E-state index in [-0.39, 0.29) is 5.52 Å². The Hall–Kier alpha value is -1.46. The van der Waals surface area contributed by atoms with Crippen molar-refractivity contribution in [2.75, 3.05) is 5.88 Å². The SMILES string of the molecule is Fc1ccc(Br)cc1-n1c(CCCl)nc2c(F)cccc21. The fraction of sp³-hybridized carbons (Fsp3) is 0.133. The molecule has 0 aliphatic rings. The van der Waals surface area contributed by atoms with Crippen LogP contribution in [0.25, 0.3) is 16.7 Å². The van der Waals surface area contributed by atoms with Gasteiger partial charge in [0.15, 0.2) is 5.82 Å². The number of nitrogens with zero attached hydrogens (tertiary/aromatic N) is 2. The molecule has 0 radical (unpaired) electrons. The van der Waals surface area contributed by atoms with Gasteiger partial charge in [0, 0.05) is 16.8 Å². The van der Waals surface area contributed by atoms with E-state index >= 15 is 0 Å². The van der Waals surface area contributed by atoms with Crippen LogP contribution in [0.15, 0.2) is 40.9 Å². The average Bonchev–Trinajstić information content (AvgIpc) is 2.82. The first-order chi connectivity index (χ1) is 10.1. The van der Waals surface area contributed by atoms with E-state index in [9.17, 15) is 8.78 Å². The predicted octanol–water partition coefficient (Wildman–Crippen LogP) is 4.85. The number of hydrogen-bond acceptors (Lipinski definition) is 1. The van der Waals surface area contributed by atoms with Crippen molar-refractivity contribution in [2.24, 2.45) is 0 Å². The molecule has 0 bridgehead atoms. The Morgan fingerprint density at radius 2 is 1.95 bits per heavy atom. The van der Waals surface area contributed by atoms with Gasteiger partial charge >= 0.3 is 0 Å². The van der Waals surface area contributed by atoms with Crippen molar-refractivity contribution in [1.29, 1.82) is 0 Å². The molecule has 0 saturated heterocycles. The Kier molecular flexibility index (Phi) is 3.95.